The third-order valence-electron chi connectivity index (χ3n) is 2.39. The molecular formula is C12H16FNO3. The molecule has 0 saturated carbocycles. The SMILES string of the molecule is CCC(Nc1ccc(F)cc1OC)C(=O)OC. The Morgan fingerprint density at radius 2 is 2.18 bits per heavy atom. The van der Waals surface area contributed by atoms with Crippen LogP contribution in [0.15, 0.2) is 18.2 Å². The van der Waals surface area contributed by atoms with Gasteiger partial charge in [0.1, 0.15) is 17.6 Å². The van der Waals surface area contributed by atoms with Crippen LogP contribution in [0.1, 0.15) is 13.3 Å². The van der Waals surface area contributed by atoms with E-state index in [1.807, 2.05) is 6.92 Å². The molecule has 0 amide bonds. The minimum Gasteiger partial charge on any atom is -0.494 e. The summed E-state index contributed by atoms with van der Waals surface area (Å²) in [7, 11) is 2.77. The van der Waals surface area contributed by atoms with E-state index in [1.54, 1.807) is 0 Å². The molecule has 4 nitrogen and oxygen atoms in total. The van der Waals surface area contributed by atoms with E-state index in [0.29, 0.717) is 17.9 Å². The van der Waals surface area contributed by atoms with E-state index in [9.17, 15) is 9.18 Å². The standard InChI is InChI=1S/C12H16FNO3/c1-4-9(12(15)17-3)14-10-6-5-8(13)7-11(10)16-2/h5-7,9,14H,4H2,1-3H3. The van der Waals surface area contributed by atoms with Gasteiger partial charge in [-0.15, -0.1) is 0 Å². The number of hydrogen-bond acceptors (Lipinski definition) is 4. The first-order valence-electron chi connectivity index (χ1n) is 5.30. The fourth-order valence-electron chi connectivity index (χ4n) is 1.44. The Bertz CT molecular complexity index is 395. The number of carbonyl (C=O) groups is 1. The smallest absolute Gasteiger partial charge is 0.328 e. The molecular weight excluding hydrogens is 225 g/mol. The number of rotatable bonds is 5. The van der Waals surface area contributed by atoms with Crippen molar-refractivity contribution in [1.29, 1.82) is 0 Å². The van der Waals surface area contributed by atoms with Crippen LogP contribution < -0.4 is 10.1 Å². The van der Waals surface area contributed by atoms with Crippen molar-refractivity contribution in [2.45, 2.75) is 19.4 Å². The largest absolute Gasteiger partial charge is 0.494 e. The van der Waals surface area contributed by atoms with Crippen LogP contribution in [-0.2, 0) is 9.53 Å². The summed E-state index contributed by atoms with van der Waals surface area (Å²) < 4.78 is 22.7. The van der Waals surface area contributed by atoms with Gasteiger partial charge in [0, 0.05) is 6.07 Å². The maximum atomic E-state index is 13.0. The van der Waals surface area contributed by atoms with Crippen molar-refractivity contribution < 1.29 is 18.7 Å². The van der Waals surface area contributed by atoms with Crippen molar-refractivity contribution in [2.75, 3.05) is 19.5 Å². The average Bonchev–Trinajstić information content (AvgIpc) is 2.36. The van der Waals surface area contributed by atoms with Gasteiger partial charge in [-0.25, -0.2) is 9.18 Å². The van der Waals surface area contributed by atoms with E-state index in [0.717, 1.165) is 0 Å². The minimum absolute atomic E-state index is 0.354. The predicted octanol–water partition coefficient (Wildman–Crippen LogP) is 2.20. The molecule has 1 aromatic carbocycles. The molecule has 0 aromatic heterocycles. The van der Waals surface area contributed by atoms with Crippen LogP contribution in [0.3, 0.4) is 0 Å². The van der Waals surface area contributed by atoms with Crippen LogP contribution in [-0.4, -0.2) is 26.2 Å². The number of benzene rings is 1. The minimum atomic E-state index is -0.473. The molecule has 0 fully saturated rings. The van der Waals surface area contributed by atoms with Gasteiger partial charge in [0.25, 0.3) is 0 Å². The third kappa shape index (κ3) is 3.34. The first-order valence-corrected chi connectivity index (χ1v) is 5.30. The van der Waals surface area contributed by atoms with Crippen molar-refractivity contribution in [3.63, 3.8) is 0 Å². The lowest BCUT2D eigenvalue weighted by atomic mass is 10.2. The number of nitrogens with one attached hydrogen (secondary N) is 1. The van der Waals surface area contributed by atoms with Gasteiger partial charge in [0.15, 0.2) is 0 Å². The van der Waals surface area contributed by atoms with Crippen molar-refractivity contribution in [1.82, 2.24) is 0 Å². The monoisotopic (exact) mass is 241 g/mol. The molecule has 0 heterocycles. The number of methoxy groups -OCH3 is 2. The highest BCUT2D eigenvalue weighted by molar-refractivity contribution is 5.79. The molecule has 0 aliphatic heterocycles. The van der Waals surface area contributed by atoms with Crippen molar-refractivity contribution in [2.24, 2.45) is 0 Å². The van der Waals surface area contributed by atoms with E-state index in [4.69, 9.17) is 4.74 Å². The Kier molecular flexibility index (Phi) is 4.75. The van der Waals surface area contributed by atoms with Crippen molar-refractivity contribution in [3.05, 3.63) is 24.0 Å². The molecule has 1 aromatic rings. The Hall–Kier alpha value is -1.78. The van der Waals surface area contributed by atoms with E-state index in [1.165, 1.54) is 32.4 Å². The Balaban J connectivity index is 2.89. The highest BCUT2D eigenvalue weighted by Gasteiger charge is 2.18. The molecule has 0 aliphatic carbocycles. The molecule has 17 heavy (non-hydrogen) atoms. The van der Waals surface area contributed by atoms with E-state index >= 15 is 0 Å². The normalized spacial score (nSPS) is 11.8. The van der Waals surface area contributed by atoms with Crippen LogP contribution in [0.5, 0.6) is 5.75 Å². The van der Waals surface area contributed by atoms with Crippen LogP contribution in [0.25, 0.3) is 0 Å². The molecule has 0 aliphatic rings. The zero-order valence-electron chi connectivity index (χ0n) is 10.1. The van der Waals surface area contributed by atoms with E-state index in [2.05, 4.69) is 10.1 Å². The third-order valence-corrected chi connectivity index (χ3v) is 2.39. The highest BCUT2D eigenvalue weighted by atomic mass is 19.1. The summed E-state index contributed by atoms with van der Waals surface area (Å²) in [5.41, 5.74) is 0.561. The topological polar surface area (TPSA) is 47.6 Å². The van der Waals surface area contributed by atoms with Crippen LogP contribution in [0.2, 0.25) is 0 Å². The molecule has 0 saturated heterocycles. The first kappa shape index (κ1) is 13.3. The molecule has 1 rings (SSSR count). The lowest BCUT2D eigenvalue weighted by Crippen LogP contribution is -2.30. The fraction of sp³-hybridized carbons (Fsp3) is 0.417. The summed E-state index contributed by atoms with van der Waals surface area (Å²) in [5, 5.41) is 2.96. The van der Waals surface area contributed by atoms with Gasteiger partial charge in [0.2, 0.25) is 0 Å². The number of ether oxygens (including phenoxy) is 2. The van der Waals surface area contributed by atoms with Gasteiger partial charge in [-0.05, 0) is 18.6 Å². The lowest BCUT2D eigenvalue weighted by molar-refractivity contribution is -0.141. The Labute approximate surface area is 99.7 Å². The molecule has 1 N–H and O–H groups in total. The van der Waals surface area contributed by atoms with Gasteiger partial charge in [-0.2, -0.15) is 0 Å². The molecule has 0 bridgehead atoms. The van der Waals surface area contributed by atoms with E-state index < -0.39 is 11.9 Å². The second-order valence-corrected chi connectivity index (χ2v) is 3.47. The van der Waals surface area contributed by atoms with Crippen LogP contribution >= 0.6 is 0 Å². The van der Waals surface area contributed by atoms with Crippen LogP contribution in [0, 0.1) is 5.82 Å². The highest BCUT2D eigenvalue weighted by Crippen LogP contribution is 2.26. The zero-order valence-corrected chi connectivity index (χ0v) is 10.1. The lowest BCUT2D eigenvalue weighted by Gasteiger charge is -2.17. The maximum absolute atomic E-state index is 13.0. The average molecular weight is 241 g/mol. The second-order valence-electron chi connectivity index (χ2n) is 3.47. The first-order chi connectivity index (χ1) is 8.12. The van der Waals surface area contributed by atoms with Crippen LogP contribution in [0.4, 0.5) is 10.1 Å². The molecule has 5 heteroatoms. The van der Waals surface area contributed by atoms with Crippen molar-refractivity contribution >= 4 is 11.7 Å². The summed E-state index contributed by atoms with van der Waals surface area (Å²) in [6, 6.07) is 3.61. The quantitative estimate of drug-likeness (QED) is 0.803. The van der Waals surface area contributed by atoms with Gasteiger partial charge < -0.3 is 14.8 Å². The summed E-state index contributed by atoms with van der Waals surface area (Å²) in [6.07, 6.45) is 0.563. The molecule has 94 valence electrons. The summed E-state index contributed by atoms with van der Waals surface area (Å²) >= 11 is 0. The second kappa shape index (κ2) is 6.08. The number of esters is 1. The number of halogens is 1. The molecule has 0 spiro atoms. The Morgan fingerprint density at radius 3 is 2.71 bits per heavy atom. The van der Waals surface area contributed by atoms with Crippen molar-refractivity contribution in [3.8, 4) is 5.75 Å². The summed E-state index contributed by atoms with van der Waals surface area (Å²) in [4.78, 5) is 11.4. The molecule has 1 unspecified atom stereocenters. The molecule has 0 radical (unpaired) electrons. The summed E-state index contributed by atoms with van der Waals surface area (Å²) in [5.74, 6) is -0.398. The van der Waals surface area contributed by atoms with Gasteiger partial charge in [-0.1, -0.05) is 6.92 Å². The molecule has 1 atom stereocenters. The number of anilines is 1. The predicted molar refractivity (Wildman–Crippen MR) is 62.7 cm³/mol. The van der Waals surface area contributed by atoms with Gasteiger partial charge >= 0.3 is 5.97 Å². The summed E-state index contributed by atoms with van der Waals surface area (Å²) in [6.45, 7) is 1.85. The van der Waals surface area contributed by atoms with Gasteiger partial charge in [-0.3, -0.25) is 0 Å². The number of carbonyl (C=O) groups excluding carboxylic acids is 1. The van der Waals surface area contributed by atoms with E-state index in [-0.39, 0.29) is 5.97 Å². The van der Waals surface area contributed by atoms with Gasteiger partial charge in [0.05, 0.1) is 19.9 Å². The Morgan fingerprint density at radius 1 is 1.47 bits per heavy atom. The maximum Gasteiger partial charge on any atom is 0.328 e. The fourth-order valence-corrected chi connectivity index (χ4v) is 1.44. The zero-order chi connectivity index (χ0) is 12.8. The number of hydrogen-bond donors (Lipinski definition) is 1.